The number of nitrogens with zero attached hydrogens (tertiary/aromatic N) is 1. The van der Waals surface area contributed by atoms with Gasteiger partial charge in [-0.15, -0.1) is 0 Å². The Morgan fingerprint density at radius 2 is 1.46 bits per heavy atom. The number of nitrogens with two attached hydrogens (primary N) is 1. The number of carbonyl (C=O) groups is 6. The lowest BCUT2D eigenvalue weighted by atomic mass is 9.80. The van der Waals surface area contributed by atoms with Crippen molar-refractivity contribution in [3.63, 3.8) is 0 Å². The molecule has 6 N–H and O–H groups in total. The van der Waals surface area contributed by atoms with Crippen LogP contribution in [0.15, 0.2) is 0 Å². The summed E-state index contributed by atoms with van der Waals surface area (Å²) in [5, 5.41) is 10.3. The number of Topliss-reactive ketones (excluding diaryl/α,β-unsaturated/α-hetero) is 1. The molecule has 3 aliphatic rings. The molecule has 3 fully saturated rings. The van der Waals surface area contributed by atoms with E-state index < -0.39 is 53.1 Å². The molecule has 6 amide bonds. The van der Waals surface area contributed by atoms with Gasteiger partial charge < -0.3 is 31.9 Å². The van der Waals surface area contributed by atoms with E-state index >= 15 is 0 Å². The summed E-state index contributed by atoms with van der Waals surface area (Å²) < 4.78 is 0. The minimum atomic E-state index is -1.10. The molecule has 3 atom stereocenters. The third-order valence-electron chi connectivity index (χ3n) is 7.93. The number of primary amides is 1. The number of ketones is 1. The van der Waals surface area contributed by atoms with Crippen LogP contribution in [0.5, 0.6) is 0 Å². The predicted molar refractivity (Wildman–Crippen MR) is 154 cm³/mol. The highest BCUT2D eigenvalue weighted by Gasteiger charge is 2.43. The van der Waals surface area contributed by atoms with Crippen molar-refractivity contribution in [2.45, 2.75) is 116 Å². The molecule has 0 aromatic rings. The maximum Gasteiger partial charge on any atom is 0.315 e. The Morgan fingerprint density at radius 3 is 1.95 bits per heavy atom. The highest BCUT2D eigenvalue weighted by molar-refractivity contribution is 6.37. The molecule has 0 radical (unpaired) electrons. The van der Waals surface area contributed by atoms with Crippen LogP contribution >= 0.6 is 0 Å². The largest absolute Gasteiger partial charge is 0.363 e. The highest BCUT2D eigenvalue weighted by atomic mass is 16.2. The van der Waals surface area contributed by atoms with Gasteiger partial charge in [0.1, 0.15) is 12.1 Å². The van der Waals surface area contributed by atoms with Crippen LogP contribution in [-0.2, 0) is 24.0 Å². The van der Waals surface area contributed by atoms with E-state index in [1.54, 1.807) is 27.7 Å². The molecule has 0 bridgehead atoms. The van der Waals surface area contributed by atoms with Crippen molar-refractivity contribution in [1.29, 1.82) is 0 Å². The van der Waals surface area contributed by atoms with E-state index in [9.17, 15) is 28.8 Å². The number of amides is 6. The molecule has 2 saturated carbocycles. The van der Waals surface area contributed by atoms with Crippen LogP contribution in [0.1, 0.15) is 98.3 Å². The first-order valence-corrected chi connectivity index (χ1v) is 15.1. The van der Waals surface area contributed by atoms with E-state index in [4.69, 9.17) is 5.73 Å². The summed E-state index contributed by atoms with van der Waals surface area (Å²) in [6.45, 7) is 7.60. The maximum atomic E-state index is 13.5. The van der Waals surface area contributed by atoms with Crippen molar-refractivity contribution in [3.8, 4) is 0 Å². The summed E-state index contributed by atoms with van der Waals surface area (Å²) in [7, 11) is 0. The topological polar surface area (TPSA) is 180 Å². The number of nitrogens with one attached hydrogen (secondary N) is 4. The van der Waals surface area contributed by atoms with Gasteiger partial charge in [-0.3, -0.25) is 24.0 Å². The quantitative estimate of drug-likeness (QED) is 0.232. The van der Waals surface area contributed by atoms with Gasteiger partial charge in [-0.25, -0.2) is 4.79 Å². The summed E-state index contributed by atoms with van der Waals surface area (Å²) in [5.74, 6) is -3.02. The van der Waals surface area contributed by atoms with E-state index in [-0.39, 0.29) is 18.4 Å². The Morgan fingerprint density at radius 1 is 0.854 bits per heavy atom. The van der Waals surface area contributed by atoms with Crippen molar-refractivity contribution in [2.24, 2.45) is 17.1 Å². The molecule has 3 rings (SSSR count). The fraction of sp³-hybridized carbons (Fsp3) is 0.793. The van der Waals surface area contributed by atoms with Gasteiger partial charge in [0, 0.05) is 13.1 Å². The van der Waals surface area contributed by atoms with Gasteiger partial charge in [0.15, 0.2) is 0 Å². The Balaban J connectivity index is 0.00000106. The highest BCUT2D eigenvalue weighted by Crippen LogP contribution is 2.31. The zero-order chi connectivity index (χ0) is 30.6. The van der Waals surface area contributed by atoms with Crippen LogP contribution in [0, 0.1) is 11.3 Å². The van der Waals surface area contributed by atoms with Gasteiger partial charge in [0.05, 0.1) is 12.6 Å². The molecule has 1 aliphatic heterocycles. The first-order chi connectivity index (χ1) is 19.3. The standard InChI is InChI=1S/C24H40N6O6.C5H10/c1-5-26-17(31)13-27-23(36)29-19(24(2,3)4)22(35)30-11-7-10-16(30)21(34)28-15(18(32)20(25)33)12-14-8-6-9-14;1-2-4-5-3-1/h14-16,19H,5-13H2,1-4H3,(H2,25,33)(H,26,31)(H,28,34)(H2,27,29,36);1-5H2. The lowest BCUT2D eigenvalue weighted by Gasteiger charge is -2.36. The lowest BCUT2D eigenvalue weighted by Crippen LogP contribution is -2.60. The second-order valence-corrected chi connectivity index (χ2v) is 12.4. The zero-order valence-corrected chi connectivity index (χ0v) is 25.2. The van der Waals surface area contributed by atoms with Crippen LogP contribution in [0.2, 0.25) is 0 Å². The Labute approximate surface area is 243 Å². The van der Waals surface area contributed by atoms with E-state index in [1.165, 1.54) is 37.0 Å². The molecule has 41 heavy (non-hydrogen) atoms. The van der Waals surface area contributed by atoms with Crippen LogP contribution in [0.4, 0.5) is 4.79 Å². The van der Waals surface area contributed by atoms with Crippen LogP contribution < -0.4 is 27.0 Å². The summed E-state index contributed by atoms with van der Waals surface area (Å²) in [5.41, 5.74) is 4.50. The minimum absolute atomic E-state index is 0.240. The molecular formula is C29H50N6O6. The van der Waals surface area contributed by atoms with Crippen molar-refractivity contribution < 1.29 is 28.8 Å². The molecule has 1 saturated heterocycles. The fourth-order valence-corrected chi connectivity index (χ4v) is 5.34. The third-order valence-corrected chi connectivity index (χ3v) is 7.93. The second-order valence-electron chi connectivity index (χ2n) is 12.4. The first kappa shape index (κ1) is 34.0. The van der Waals surface area contributed by atoms with E-state index in [2.05, 4.69) is 21.3 Å². The predicted octanol–water partition coefficient (Wildman–Crippen LogP) is 1.51. The third kappa shape index (κ3) is 11.0. The van der Waals surface area contributed by atoms with Crippen LogP contribution in [0.3, 0.4) is 0 Å². The summed E-state index contributed by atoms with van der Waals surface area (Å²) >= 11 is 0. The Bertz CT molecular complexity index is 933. The van der Waals surface area contributed by atoms with Gasteiger partial charge >= 0.3 is 6.03 Å². The molecule has 0 aromatic heterocycles. The summed E-state index contributed by atoms with van der Waals surface area (Å²) in [4.78, 5) is 76.0. The molecule has 1 heterocycles. The smallest absolute Gasteiger partial charge is 0.315 e. The van der Waals surface area contributed by atoms with Gasteiger partial charge in [-0.1, -0.05) is 72.1 Å². The molecule has 0 aromatic carbocycles. The molecule has 232 valence electrons. The van der Waals surface area contributed by atoms with Crippen molar-refractivity contribution in [2.75, 3.05) is 19.6 Å². The molecular weight excluding hydrogens is 528 g/mol. The Hall–Kier alpha value is -3.18. The van der Waals surface area contributed by atoms with Crippen molar-refractivity contribution in [3.05, 3.63) is 0 Å². The van der Waals surface area contributed by atoms with Crippen molar-refractivity contribution >= 4 is 35.4 Å². The number of hydrogen-bond donors (Lipinski definition) is 5. The number of carbonyl (C=O) groups excluding carboxylic acids is 6. The number of rotatable bonds is 11. The SMILES string of the molecule is C1CCCC1.CCNC(=O)CNC(=O)NC(C(=O)N1CCCC1C(=O)NC(CC1CCC1)C(=O)C(N)=O)C(C)(C)C. The zero-order valence-electron chi connectivity index (χ0n) is 25.2. The normalized spacial score (nSPS) is 20.0. The number of likely N-dealkylation sites (tertiary alicyclic amines) is 1. The van der Waals surface area contributed by atoms with Gasteiger partial charge in [0.25, 0.3) is 5.91 Å². The minimum Gasteiger partial charge on any atom is -0.363 e. The molecule has 12 heteroatoms. The number of hydrogen-bond acceptors (Lipinski definition) is 6. The molecule has 2 aliphatic carbocycles. The van der Waals surface area contributed by atoms with Crippen LogP contribution in [0.25, 0.3) is 0 Å². The number of urea groups is 1. The maximum absolute atomic E-state index is 13.5. The summed E-state index contributed by atoms with van der Waals surface area (Å²) in [6, 6.07) is -3.51. The fourth-order valence-electron chi connectivity index (χ4n) is 5.34. The van der Waals surface area contributed by atoms with Gasteiger partial charge in [0.2, 0.25) is 23.5 Å². The van der Waals surface area contributed by atoms with Crippen molar-refractivity contribution in [1.82, 2.24) is 26.2 Å². The molecule has 3 unspecified atom stereocenters. The monoisotopic (exact) mass is 578 g/mol. The van der Waals surface area contributed by atoms with Gasteiger partial charge in [-0.05, 0) is 37.5 Å². The van der Waals surface area contributed by atoms with Crippen LogP contribution in [-0.4, -0.2) is 78.1 Å². The van der Waals surface area contributed by atoms with E-state index in [0.29, 0.717) is 32.4 Å². The lowest BCUT2D eigenvalue weighted by molar-refractivity contribution is -0.143. The van der Waals surface area contributed by atoms with E-state index in [1.807, 2.05) is 0 Å². The average molecular weight is 579 g/mol. The van der Waals surface area contributed by atoms with Gasteiger partial charge in [-0.2, -0.15) is 0 Å². The first-order valence-electron chi connectivity index (χ1n) is 15.1. The molecule has 0 spiro atoms. The average Bonchev–Trinajstić information content (AvgIpc) is 3.61. The summed E-state index contributed by atoms with van der Waals surface area (Å²) in [6.07, 6.45) is 11.7. The molecule has 12 nitrogen and oxygen atoms in total. The second kappa shape index (κ2) is 16.3. The van der Waals surface area contributed by atoms with E-state index in [0.717, 1.165) is 19.3 Å². The number of likely N-dealkylation sites (N-methyl/N-ethyl adjacent to an activating group) is 1. The Kier molecular flexibility index (Phi) is 13.5.